The normalized spacial score (nSPS) is 17.0. The van der Waals surface area contributed by atoms with Crippen LogP contribution in [0, 0.1) is 20.8 Å². The van der Waals surface area contributed by atoms with Crippen molar-refractivity contribution in [1.29, 1.82) is 0 Å². The summed E-state index contributed by atoms with van der Waals surface area (Å²) in [4.78, 5) is 0. The Bertz CT molecular complexity index is 325. The summed E-state index contributed by atoms with van der Waals surface area (Å²) in [5, 5.41) is 3.65. The zero-order valence-corrected chi connectivity index (χ0v) is 10.1. The molecule has 1 aromatic rings. The van der Waals surface area contributed by atoms with Crippen molar-refractivity contribution in [1.82, 2.24) is 0 Å². The van der Waals surface area contributed by atoms with Gasteiger partial charge >= 0.3 is 0 Å². The number of hydrogen-bond donors (Lipinski definition) is 1. The number of aryl methyl sites for hydroxylation is 2. The molecular weight excluding hydrogens is 182 g/mol. The summed E-state index contributed by atoms with van der Waals surface area (Å²) in [6.07, 6.45) is 5.46. The Morgan fingerprint density at radius 3 is 2.07 bits per heavy atom. The largest absolute Gasteiger partial charge is 0.382 e. The molecule has 0 unspecified atom stereocenters. The lowest BCUT2D eigenvalue weighted by molar-refractivity contribution is 0.755. The first-order valence-electron chi connectivity index (χ1n) is 6.01. The molecule has 1 fully saturated rings. The SMILES string of the molecule is Cc1cc(NC2CCCC2)cc(C)c1C. The van der Waals surface area contributed by atoms with Gasteiger partial charge in [-0.05, 0) is 62.4 Å². The van der Waals surface area contributed by atoms with Gasteiger partial charge in [0.2, 0.25) is 0 Å². The summed E-state index contributed by atoms with van der Waals surface area (Å²) in [5.41, 5.74) is 5.53. The minimum Gasteiger partial charge on any atom is -0.382 e. The highest BCUT2D eigenvalue weighted by Crippen LogP contribution is 2.25. The van der Waals surface area contributed by atoms with Gasteiger partial charge in [-0.25, -0.2) is 0 Å². The molecule has 0 spiro atoms. The molecule has 0 aromatic heterocycles. The molecule has 0 atom stereocenters. The van der Waals surface area contributed by atoms with Gasteiger partial charge in [0.1, 0.15) is 0 Å². The third-order valence-corrected chi connectivity index (χ3v) is 3.65. The van der Waals surface area contributed by atoms with Crippen molar-refractivity contribution in [3.63, 3.8) is 0 Å². The molecule has 0 heterocycles. The highest BCUT2D eigenvalue weighted by molar-refractivity contribution is 5.52. The molecule has 2 rings (SSSR count). The molecule has 0 aliphatic heterocycles. The monoisotopic (exact) mass is 203 g/mol. The fourth-order valence-corrected chi connectivity index (χ4v) is 2.42. The van der Waals surface area contributed by atoms with Crippen molar-refractivity contribution >= 4 is 5.69 Å². The third kappa shape index (κ3) is 2.34. The van der Waals surface area contributed by atoms with Gasteiger partial charge in [-0.15, -0.1) is 0 Å². The summed E-state index contributed by atoms with van der Waals surface area (Å²) in [5.74, 6) is 0. The standard InChI is InChI=1S/C14H21N/c1-10-8-14(9-11(2)12(10)3)15-13-6-4-5-7-13/h8-9,13,15H,4-7H2,1-3H3. The molecule has 1 N–H and O–H groups in total. The summed E-state index contributed by atoms with van der Waals surface area (Å²) < 4.78 is 0. The average Bonchev–Trinajstić information content (AvgIpc) is 2.66. The molecule has 1 nitrogen and oxygen atoms in total. The Balaban J connectivity index is 2.14. The number of rotatable bonds is 2. The van der Waals surface area contributed by atoms with Crippen molar-refractivity contribution in [2.45, 2.75) is 52.5 Å². The molecule has 15 heavy (non-hydrogen) atoms. The Labute approximate surface area is 92.9 Å². The minimum atomic E-state index is 0.714. The smallest absolute Gasteiger partial charge is 0.0347 e. The van der Waals surface area contributed by atoms with E-state index in [1.807, 2.05) is 0 Å². The first-order chi connectivity index (χ1) is 7.16. The lowest BCUT2D eigenvalue weighted by Crippen LogP contribution is -2.14. The van der Waals surface area contributed by atoms with Crippen LogP contribution in [0.15, 0.2) is 12.1 Å². The highest BCUT2D eigenvalue weighted by Gasteiger charge is 2.14. The van der Waals surface area contributed by atoms with Crippen molar-refractivity contribution in [3.05, 3.63) is 28.8 Å². The van der Waals surface area contributed by atoms with E-state index in [0.717, 1.165) is 0 Å². The van der Waals surface area contributed by atoms with Crippen LogP contribution in [0.25, 0.3) is 0 Å². The quantitative estimate of drug-likeness (QED) is 0.767. The van der Waals surface area contributed by atoms with Crippen LogP contribution in [-0.2, 0) is 0 Å². The van der Waals surface area contributed by atoms with E-state index in [1.165, 1.54) is 48.1 Å². The van der Waals surface area contributed by atoms with Gasteiger partial charge in [-0.1, -0.05) is 12.8 Å². The Kier molecular flexibility index (Phi) is 2.99. The second kappa shape index (κ2) is 4.26. The summed E-state index contributed by atoms with van der Waals surface area (Å²) >= 11 is 0. The fraction of sp³-hybridized carbons (Fsp3) is 0.571. The molecule has 1 aliphatic rings. The molecule has 82 valence electrons. The van der Waals surface area contributed by atoms with Crippen molar-refractivity contribution < 1.29 is 0 Å². The van der Waals surface area contributed by atoms with Crippen molar-refractivity contribution in [2.24, 2.45) is 0 Å². The second-order valence-electron chi connectivity index (χ2n) is 4.86. The van der Waals surface area contributed by atoms with Crippen LogP contribution in [0.2, 0.25) is 0 Å². The van der Waals surface area contributed by atoms with Gasteiger partial charge in [0.15, 0.2) is 0 Å². The van der Waals surface area contributed by atoms with Crippen LogP contribution in [0.5, 0.6) is 0 Å². The molecule has 1 aromatic carbocycles. The molecule has 0 amide bonds. The van der Waals surface area contributed by atoms with E-state index >= 15 is 0 Å². The molecule has 1 aliphatic carbocycles. The number of nitrogens with one attached hydrogen (secondary N) is 1. The maximum absolute atomic E-state index is 3.65. The molecule has 0 saturated heterocycles. The molecule has 1 heteroatoms. The Hall–Kier alpha value is -0.980. The Morgan fingerprint density at radius 2 is 1.53 bits per heavy atom. The lowest BCUT2D eigenvalue weighted by atomic mass is 10.0. The summed E-state index contributed by atoms with van der Waals surface area (Å²) in [7, 11) is 0. The van der Waals surface area contributed by atoms with Gasteiger partial charge in [-0.2, -0.15) is 0 Å². The van der Waals surface area contributed by atoms with Crippen LogP contribution in [0.1, 0.15) is 42.4 Å². The zero-order chi connectivity index (χ0) is 10.8. The maximum atomic E-state index is 3.65. The van der Waals surface area contributed by atoms with E-state index in [4.69, 9.17) is 0 Å². The van der Waals surface area contributed by atoms with E-state index < -0.39 is 0 Å². The van der Waals surface area contributed by atoms with E-state index in [1.54, 1.807) is 0 Å². The molecular formula is C14H21N. The van der Waals surface area contributed by atoms with Crippen LogP contribution in [0.4, 0.5) is 5.69 Å². The zero-order valence-electron chi connectivity index (χ0n) is 10.1. The van der Waals surface area contributed by atoms with Gasteiger partial charge < -0.3 is 5.32 Å². The summed E-state index contributed by atoms with van der Waals surface area (Å²) in [6.45, 7) is 6.59. The maximum Gasteiger partial charge on any atom is 0.0347 e. The molecule has 1 saturated carbocycles. The van der Waals surface area contributed by atoms with Gasteiger partial charge in [0.05, 0.1) is 0 Å². The van der Waals surface area contributed by atoms with Crippen LogP contribution >= 0.6 is 0 Å². The number of hydrogen-bond acceptors (Lipinski definition) is 1. The van der Waals surface area contributed by atoms with Gasteiger partial charge in [0.25, 0.3) is 0 Å². The number of anilines is 1. The van der Waals surface area contributed by atoms with Crippen molar-refractivity contribution in [3.8, 4) is 0 Å². The summed E-state index contributed by atoms with van der Waals surface area (Å²) in [6, 6.07) is 5.27. The highest BCUT2D eigenvalue weighted by atomic mass is 14.9. The minimum absolute atomic E-state index is 0.714. The van der Waals surface area contributed by atoms with E-state index in [9.17, 15) is 0 Å². The topological polar surface area (TPSA) is 12.0 Å². The van der Waals surface area contributed by atoms with Gasteiger partial charge in [-0.3, -0.25) is 0 Å². The van der Waals surface area contributed by atoms with Crippen LogP contribution in [-0.4, -0.2) is 6.04 Å². The first-order valence-corrected chi connectivity index (χ1v) is 6.01. The van der Waals surface area contributed by atoms with Crippen molar-refractivity contribution in [2.75, 3.05) is 5.32 Å². The molecule has 0 bridgehead atoms. The first kappa shape index (κ1) is 10.5. The van der Waals surface area contributed by atoms with E-state index in [2.05, 4.69) is 38.2 Å². The van der Waals surface area contributed by atoms with E-state index in [-0.39, 0.29) is 0 Å². The number of benzene rings is 1. The second-order valence-corrected chi connectivity index (χ2v) is 4.86. The van der Waals surface area contributed by atoms with E-state index in [0.29, 0.717) is 6.04 Å². The molecule has 0 radical (unpaired) electrons. The predicted octanol–water partition coefficient (Wildman–Crippen LogP) is 3.97. The van der Waals surface area contributed by atoms with Crippen LogP contribution in [0.3, 0.4) is 0 Å². The van der Waals surface area contributed by atoms with Crippen LogP contribution < -0.4 is 5.32 Å². The Morgan fingerprint density at radius 1 is 1.00 bits per heavy atom. The lowest BCUT2D eigenvalue weighted by Gasteiger charge is -2.16. The average molecular weight is 203 g/mol. The third-order valence-electron chi connectivity index (χ3n) is 3.65. The van der Waals surface area contributed by atoms with Gasteiger partial charge in [0, 0.05) is 11.7 Å². The fourth-order valence-electron chi connectivity index (χ4n) is 2.42. The predicted molar refractivity (Wildman–Crippen MR) is 66.5 cm³/mol.